The van der Waals surface area contributed by atoms with Gasteiger partial charge in [0, 0.05) is 11.1 Å². The number of sulfone groups is 1. The molecule has 7 nitrogen and oxygen atoms in total. The van der Waals surface area contributed by atoms with E-state index in [1.807, 2.05) is 0 Å². The van der Waals surface area contributed by atoms with Crippen molar-refractivity contribution in [2.45, 2.75) is 24.3 Å². The van der Waals surface area contributed by atoms with Crippen LogP contribution < -0.4 is 4.72 Å². The van der Waals surface area contributed by atoms with Crippen LogP contribution in [0.4, 0.5) is 5.82 Å². The van der Waals surface area contributed by atoms with E-state index in [-0.39, 0.29) is 28.3 Å². The number of benzene rings is 1. The van der Waals surface area contributed by atoms with E-state index in [2.05, 4.69) is 9.82 Å². The molecule has 0 amide bonds. The summed E-state index contributed by atoms with van der Waals surface area (Å²) >= 11 is 5.78. The zero-order valence-corrected chi connectivity index (χ0v) is 15.2. The summed E-state index contributed by atoms with van der Waals surface area (Å²) in [6, 6.07) is 6.99. The van der Waals surface area contributed by atoms with Gasteiger partial charge in [-0.15, -0.1) is 0 Å². The highest BCUT2D eigenvalue weighted by Crippen LogP contribution is 2.28. The first-order chi connectivity index (χ1) is 11.2. The molecule has 1 fully saturated rings. The van der Waals surface area contributed by atoms with Gasteiger partial charge in [-0.3, -0.25) is 4.72 Å². The van der Waals surface area contributed by atoms with Gasteiger partial charge >= 0.3 is 0 Å². The van der Waals surface area contributed by atoms with Crippen molar-refractivity contribution in [1.29, 1.82) is 0 Å². The van der Waals surface area contributed by atoms with Crippen LogP contribution in [0, 0.1) is 6.92 Å². The van der Waals surface area contributed by atoms with Gasteiger partial charge in [-0.05, 0) is 37.6 Å². The summed E-state index contributed by atoms with van der Waals surface area (Å²) in [5.74, 6) is 0.300. The molecule has 1 aromatic carbocycles. The summed E-state index contributed by atoms with van der Waals surface area (Å²) in [6.07, 6.45) is 0.416. The Balaban J connectivity index is 1.92. The van der Waals surface area contributed by atoms with E-state index in [4.69, 9.17) is 11.6 Å². The molecule has 1 N–H and O–H groups in total. The molecule has 24 heavy (non-hydrogen) atoms. The van der Waals surface area contributed by atoms with Crippen LogP contribution >= 0.6 is 11.6 Å². The van der Waals surface area contributed by atoms with Gasteiger partial charge < -0.3 is 0 Å². The van der Waals surface area contributed by atoms with Crippen LogP contribution in [0.15, 0.2) is 35.2 Å². The first-order valence-corrected chi connectivity index (χ1v) is 10.9. The molecule has 1 saturated heterocycles. The van der Waals surface area contributed by atoms with Gasteiger partial charge in [-0.1, -0.05) is 11.6 Å². The second-order valence-electron chi connectivity index (χ2n) is 5.73. The van der Waals surface area contributed by atoms with E-state index < -0.39 is 19.9 Å². The number of sulfonamides is 1. The molecular weight excluding hydrogens is 374 g/mol. The lowest BCUT2D eigenvalue weighted by Gasteiger charge is -2.14. The molecule has 2 heterocycles. The minimum atomic E-state index is -3.82. The average Bonchev–Trinajstić information content (AvgIpc) is 3.01. The number of hydrogen-bond donors (Lipinski definition) is 1. The van der Waals surface area contributed by atoms with E-state index in [1.165, 1.54) is 28.9 Å². The lowest BCUT2D eigenvalue weighted by Crippen LogP contribution is -2.19. The van der Waals surface area contributed by atoms with Crippen molar-refractivity contribution in [1.82, 2.24) is 9.78 Å². The maximum Gasteiger partial charge on any atom is 0.263 e. The van der Waals surface area contributed by atoms with Crippen molar-refractivity contribution in [3.63, 3.8) is 0 Å². The molecular formula is C14H16ClN3O4S2. The standard InChI is InChI=1S/C14H16ClN3O4S2/c1-10-8-14(18(16-10)12-6-7-23(19,20)9-12)17-24(21,22)13-4-2-11(15)3-5-13/h2-5,8,12,17H,6-7,9H2,1H3/t12-/m0/s1. The third-order valence-electron chi connectivity index (χ3n) is 3.78. The molecule has 0 aliphatic carbocycles. The van der Waals surface area contributed by atoms with Crippen molar-refractivity contribution in [2.75, 3.05) is 16.2 Å². The predicted molar refractivity (Wildman–Crippen MR) is 91.5 cm³/mol. The van der Waals surface area contributed by atoms with E-state index in [9.17, 15) is 16.8 Å². The van der Waals surface area contributed by atoms with Crippen molar-refractivity contribution < 1.29 is 16.8 Å². The number of nitrogens with one attached hydrogen (secondary N) is 1. The Bertz CT molecular complexity index is 966. The number of aromatic nitrogens is 2. The third kappa shape index (κ3) is 3.57. The molecule has 0 unspecified atom stereocenters. The molecule has 1 aliphatic heterocycles. The van der Waals surface area contributed by atoms with Crippen LogP contribution in [0.1, 0.15) is 18.2 Å². The summed E-state index contributed by atoms with van der Waals surface area (Å²) in [7, 11) is -6.92. The van der Waals surface area contributed by atoms with Gasteiger partial charge in [-0.2, -0.15) is 5.10 Å². The minimum absolute atomic E-state index is 0.0379. The zero-order valence-electron chi connectivity index (χ0n) is 12.8. The van der Waals surface area contributed by atoms with Gasteiger partial charge in [0.1, 0.15) is 5.82 Å². The smallest absolute Gasteiger partial charge is 0.263 e. The Morgan fingerprint density at radius 3 is 2.54 bits per heavy atom. The number of aryl methyl sites for hydroxylation is 1. The topological polar surface area (TPSA) is 98.1 Å². The van der Waals surface area contributed by atoms with Gasteiger partial charge in [-0.25, -0.2) is 21.5 Å². The van der Waals surface area contributed by atoms with Gasteiger partial charge in [0.15, 0.2) is 9.84 Å². The largest absolute Gasteiger partial charge is 0.264 e. The number of halogens is 1. The summed E-state index contributed by atoms with van der Waals surface area (Å²) in [4.78, 5) is 0.0661. The third-order valence-corrected chi connectivity index (χ3v) is 7.15. The lowest BCUT2D eigenvalue weighted by molar-refractivity contribution is 0.503. The van der Waals surface area contributed by atoms with Crippen molar-refractivity contribution in [2.24, 2.45) is 0 Å². The first kappa shape index (κ1) is 17.2. The highest BCUT2D eigenvalue weighted by molar-refractivity contribution is 7.92. The highest BCUT2D eigenvalue weighted by atomic mass is 35.5. The normalized spacial score (nSPS) is 20.2. The monoisotopic (exact) mass is 389 g/mol. The molecule has 1 aromatic heterocycles. The first-order valence-electron chi connectivity index (χ1n) is 7.21. The van der Waals surface area contributed by atoms with Crippen molar-refractivity contribution >= 4 is 37.3 Å². The Hall–Kier alpha value is -1.58. The fourth-order valence-electron chi connectivity index (χ4n) is 2.65. The number of anilines is 1. The Labute approximate surface area is 145 Å². The van der Waals surface area contributed by atoms with Gasteiger partial charge in [0.05, 0.1) is 28.1 Å². The summed E-state index contributed by atoms with van der Waals surface area (Å²) in [5, 5.41) is 4.69. The van der Waals surface area contributed by atoms with Crippen LogP contribution in [0.3, 0.4) is 0 Å². The summed E-state index contributed by atoms with van der Waals surface area (Å²) in [6.45, 7) is 1.72. The fraction of sp³-hybridized carbons (Fsp3) is 0.357. The molecule has 10 heteroatoms. The highest BCUT2D eigenvalue weighted by Gasteiger charge is 2.32. The van der Waals surface area contributed by atoms with Gasteiger partial charge in [0.2, 0.25) is 0 Å². The maximum atomic E-state index is 12.5. The zero-order chi connectivity index (χ0) is 17.5. The maximum absolute atomic E-state index is 12.5. The molecule has 0 radical (unpaired) electrons. The van der Waals surface area contributed by atoms with E-state index >= 15 is 0 Å². The number of nitrogens with zero attached hydrogens (tertiary/aromatic N) is 2. The predicted octanol–water partition coefficient (Wildman–Crippen LogP) is 2.01. The molecule has 0 bridgehead atoms. The number of rotatable bonds is 4. The lowest BCUT2D eigenvalue weighted by atomic mass is 10.3. The van der Waals surface area contributed by atoms with Crippen LogP contribution in [-0.4, -0.2) is 38.1 Å². The minimum Gasteiger partial charge on any atom is -0.264 e. The second kappa shape index (κ2) is 6.05. The Morgan fingerprint density at radius 2 is 1.96 bits per heavy atom. The molecule has 1 aliphatic rings. The van der Waals surface area contributed by atoms with Crippen LogP contribution in [0.25, 0.3) is 0 Å². The van der Waals surface area contributed by atoms with Crippen LogP contribution in [0.2, 0.25) is 5.02 Å². The Morgan fingerprint density at radius 1 is 1.29 bits per heavy atom. The Kier molecular flexibility index (Phi) is 4.35. The van der Waals surface area contributed by atoms with E-state index in [1.54, 1.807) is 13.0 Å². The van der Waals surface area contributed by atoms with Crippen molar-refractivity contribution in [3.05, 3.63) is 41.0 Å². The molecule has 130 valence electrons. The summed E-state index contributed by atoms with van der Waals surface area (Å²) in [5.41, 5.74) is 0.605. The number of hydrogen-bond acceptors (Lipinski definition) is 5. The molecule has 1 atom stereocenters. The van der Waals surface area contributed by atoms with E-state index in [0.717, 1.165) is 0 Å². The fourth-order valence-corrected chi connectivity index (χ4v) is 5.51. The quantitative estimate of drug-likeness (QED) is 0.862. The average molecular weight is 390 g/mol. The van der Waals surface area contributed by atoms with Crippen molar-refractivity contribution in [3.8, 4) is 0 Å². The van der Waals surface area contributed by atoms with Crippen LogP contribution in [0.5, 0.6) is 0 Å². The molecule has 0 saturated carbocycles. The van der Waals surface area contributed by atoms with Gasteiger partial charge in [0.25, 0.3) is 10.0 Å². The second-order valence-corrected chi connectivity index (χ2v) is 10.1. The SMILES string of the molecule is Cc1cc(NS(=O)(=O)c2ccc(Cl)cc2)n([C@H]2CCS(=O)(=O)C2)n1. The van der Waals surface area contributed by atoms with E-state index in [0.29, 0.717) is 17.1 Å². The molecule has 3 rings (SSSR count). The molecule has 0 spiro atoms. The van der Waals surface area contributed by atoms with Crippen LogP contribution in [-0.2, 0) is 19.9 Å². The summed E-state index contributed by atoms with van der Waals surface area (Å²) < 4.78 is 52.3. The molecule has 2 aromatic rings.